The SMILES string of the molecule is CCCCCC=CCC=CCCCCCCCCCCCCCCCC=O. The Morgan fingerprint density at radius 3 is 1.22 bits per heavy atom. The fraction of sp³-hybridized carbons (Fsp3) is 0.808. The Bertz CT molecular complexity index is 329. The van der Waals surface area contributed by atoms with Crippen LogP contribution in [0.15, 0.2) is 24.3 Å². The molecule has 0 aliphatic carbocycles. The molecule has 0 amide bonds. The molecule has 1 nitrogen and oxygen atoms in total. The molecular weight excluding hydrogens is 328 g/mol. The third-order valence-corrected chi connectivity index (χ3v) is 5.27. The molecule has 0 aliphatic heterocycles. The first-order valence-electron chi connectivity index (χ1n) is 12.2. The van der Waals surface area contributed by atoms with E-state index in [0.717, 1.165) is 25.5 Å². The van der Waals surface area contributed by atoms with Gasteiger partial charge in [-0.25, -0.2) is 0 Å². The van der Waals surface area contributed by atoms with E-state index < -0.39 is 0 Å². The second-order valence-electron chi connectivity index (χ2n) is 8.01. The van der Waals surface area contributed by atoms with Gasteiger partial charge in [-0.15, -0.1) is 0 Å². The first kappa shape index (κ1) is 26.1. The number of allylic oxidation sites excluding steroid dienone is 4. The van der Waals surface area contributed by atoms with Crippen LogP contribution in [0.25, 0.3) is 0 Å². The Labute approximate surface area is 171 Å². The minimum Gasteiger partial charge on any atom is -0.303 e. The van der Waals surface area contributed by atoms with Crippen LogP contribution in [0.3, 0.4) is 0 Å². The maximum atomic E-state index is 10.2. The smallest absolute Gasteiger partial charge is 0.119 e. The molecular formula is C26H48O. The van der Waals surface area contributed by atoms with Gasteiger partial charge in [-0.3, -0.25) is 0 Å². The number of carbonyl (C=O) groups excluding carboxylic acids is 1. The summed E-state index contributed by atoms with van der Waals surface area (Å²) in [5.41, 5.74) is 0. The highest BCUT2D eigenvalue weighted by atomic mass is 16.1. The molecule has 0 heterocycles. The molecule has 0 aromatic rings. The van der Waals surface area contributed by atoms with Crippen LogP contribution in [-0.4, -0.2) is 6.29 Å². The first-order chi connectivity index (χ1) is 13.4. The maximum Gasteiger partial charge on any atom is 0.119 e. The summed E-state index contributed by atoms with van der Waals surface area (Å²) in [7, 11) is 0. The zero-order valence-corrected chi connectivity index (χ0v) is 18.4. The van der Waals surface area contributed by atoms with Gasteiger partial charge in [0.15, 0.2) is 0 Å². The van der Waals surface area contributed by atoms with Gasteiger partial charge in [0.25, 0.3) is 0 Å². The van der Waals surface area contributed by atoms with Crippen molar-refractivity contribution in [1.29, 1.82) is 0 Å². The van der Waals surface area contributed by atoms with Crippen molar-refractivity contribution in [1.82, 2.24) is 0 Å². The molecule has 0 unspecified atom stereocenters. The molecule has 27 heavy (non-hydrogen) atoms. The number of unbranched alkanes of at least 4 members (excludes halogenated alkanes) is 17. The molecule has 0 spiro atoms. The van der Waals surface area contributed by atoms with Crippen LogP contribution in [0, 0.1) is 0 Å². The average molecular weight is 377 g/mol. The van der Waals surface area contributed by atoms with Gasteiger partial charge in [-0.2, -0.15) is 0 Å². The van der Waals surface area contributed by atoms with Gasteiger partial charge in [0.2, 0.25) is 0 Å². The van der Waals surface area contributed by atoms with Crippen LogP contribution in [0.2, 0.25) is 0 Å². The van der Waals surface area contributed by atoms with Crippen molar-refractivity contribution >= 4 is 6.29 Å². The van der Waals surface area contributed by atoms with Crippen molar-refractivity contribution in [2.75, 3.05) is 0 Å². The fourth-order valence-corrected chi connectivity index (χ4v) is 3.45. The summed E-state index contributed by atoms with van der Waals surface area (Å²) in [5, 5.41) is 0. The summed E-state index contributed by atoms with van der Waals surface area (Å²) < 4.78 is 0. The van der Waals surface area contributed by atoms with Crippen molar-refractivity contribution in [3.8, 4) is 0 Å². The number of hydrogen-bond acceptors (Lipinski definition) is 1. The zero-order valence-electron chi connectivity index (χ0n) is 18.4. The van der Waals surface area contributed by atoms with E-state index in [1.165, 1.54) is 109 Å². The van der Waals surface area contributed by atoms with Crippen LogP contribution >= 0.6 is 0 Å². The lowest BCUT2D eigenvalue weighted by molar-refractivity contribution is -0.107. The van der Waals surface area contributed by atoms with Crippen molar-refractivity contribution in [3.63, 3.8) is 0 Å². The summed E-state index contributed by atoms with van der Waals surface area (Å²) in [4.78, 5) is 10.2. The molecule has 1 heteroatoms. The molecule has 0 rings (SSSR count). The Kier molecular flexibility index (Phi) is 24.4. The fourth-order valence-electron chi connectivity index (χ4n) is 3.45. The highest BCUT2D eigenvalue weighted by molar-refractivity contribution is 5.48. The Hall–Kier alpha value is -0.850. The van der Waals surface area contributed by atoms with E-state index in [2.05, 4.69) is 31.2 Å². The minimum atomic E-state index is 0.757. The average Bonchev–Trinajstić information content (AvgIpc) is 2.68. The minimum absolute atomic E-state index is 0.757. The van der Waals surface area contributed by atoms with E-state index in [4.69, 9.17) is 0 Å². The molecule has 0 saturated carbocycles. The lowest BCUT2D eigenvalue weighted by Crippen LogP contribution is -1.83. The second-order valence-corrected chi connectivity index (χ2v) is 8.01. The Morgan fingerprint density at radius 2 is 0.815 bits per heavy atom. The quantitative estimate of drug-likeness (QED) is 0.105. The predicted octanol–water partition coefficient (Wildman–Crippen LogP) is 9.12. The first-order valence-corrected chi connectivity index (χ1v) is 12.2. The summed E-state index contributed by atoms with van der Waals surface area (Å²) in [6, 6.07) is 0. The largest absolute Gasteiger partial charge is 0.303 e. The van der Waals surface area contributed by atoms with E-state index in [0.29, 0.717) is 0 Å². The highest BCUT2D eigenvalue weighted by Gasteiger charge is 1.94. The van der Waals surface area contributed by atoms with E-state index in [9.17, 15) is 4.79 Å². The van der Waals surface area contributed by atoms with Gasteiger partial charge in [0, 0.05) is 6.42 Å². The summed E-state index contributed by atoms with van der Waals surface area (Å²) >= 11 is 0. The number of rotatable bonds is 22. The third-order valence-electron chi connectivity index (χ3n) is 5.27. The van der Waals surface area contributed by atoms with Gasteiger partial charge in [0.05, 0.1) is 0 Å². The second kappa shape index (κ2) is 25.1. The molecule has 0 aromatic carbocycles. The zero-order chi connectivity index (χ0) is 19.7. The van der Waals surface area contributed by atoms with E-state index in [1.807, 2.05) is 0 Å². The molecule has 0 N–H and O–H groups in total. The van der Waals surface area contributed by atoms with Crippen molar-refractivity contribution in [2.24, 2.45) is 0 Å². The van der Waals surface area contributed by atoms with E-state index >= 15 is 0 Å². The molecule has 0 aliphatic rings. The molecule has 0 aromatic heterocycles. The lowest BCUT2D eigenvalue weighted by atomic mass is 10.0. The molecule has 0 radical (unpaired) electrons. The molecule has 0 saturated heterocycles. The van der Waals surface area contributed by atoms with Crippen LogP contribution in [0.5, 0.6) is 0 Å². The highest BCUT2D eigenvalue weighted by Crippen LogP contribution is 2.13. The summed E-state index contributed by atoms with van der Waals surface area (Å²) in [5.74, 6) is 0. The summed E-state index contributed by atoms with van der Waals surface area (Å²) in [6.07, 6.45) is 36.5. The normalized spacial score (nSPS) is 11.7. The van der Waals surface area contributed by atoms with Gasteiger partial charge >= 0.3 is 0 Å². The third kappa shape index (κ3) is 25.2. The van der Waals surface area contributed by atoms with Crippen LogP contribution in [0.1, 0.15) is 135 Å². The van der Waals surface area contributed by atoms with Crippen LogP contribution in [0.4, 0.5) is 0 Å². The molecule has 0 fully saturated rings. The lowest BCUT2D eigenvalue weighted by Gasteiger charge is -2.02. The number of aldehydes is 1. The Balaban J connectivity index is 3.10. The predicted molar refractivity (Wildman–Crippen MR) is 122 cm³/mol. The van der Waals surface area contributed by atoms with Crippen molar-refractivity contribution in [3.05, 3.63) is 24.3 Å². The van der Waals surface area contributed by atoms with Gasteiger partial charge in [-0.1, -0.05) is 115 Å². The monoisotopic (exact) mass is 376 g/mol. The number of hydrogen-bond donors (Lipinski definition) is 0. The van der Waals surface area contributed by atoms with Gasteiger partial charge < -0.3 is 4.79 Å². The van der Waals surface area contributed by atoms with E-state index in [-0.39, 0.29) is 0 Å². The van der Waals surface area contributed by atoms with E-state index in [1.54, 1.807) is 0 Å². The van der Waals surface area contributed by atoms with Crippen molar-refractivity contribution in [2.45, 2.75) is 135 Å². The van der Waals surface area contributed by atoms with Gasteiger partial charge in [-0.05, 0) is 38.5 Å². The standard InChI is InChI=1S/C26H48O/c1-2-3-4-5-6-7-8-9-10-11-12-13-14-15-16-17-18-19-20-21-22-23-24-25-26-27/h6-7,9-10,26H,2-5,8,11-25H2,1H3. The summed E-state index contributed by atoms with van der Waals surface area (Å²) in [6.45, 7) is 2.26. The maximum absolute atomic E-state index is 10.2. The molecule has 158 valence electrons. The van der Waals surface area contributed by atoms with Crippen LogP contribution < -0.4 is 0 Å². The number of carbonyl (C=O) groups is 1. The molecule has 0 atom stereocenters. The van der Waals surface area contributed by atoms with Crippen molar-refractivity contribution < 1.29 is 4.79 Å². The van der Waals surface area contributed by atoms with Crippen LogP contribution in [-0.2, 0) is 4.79 Å². The van der Waals surface area contributed by atoms with Gasteiger partial charge in [0.1, 0.15) is 6.29 Å². The molecule has 0 bridgehead atoms. The Morgan fingerprint density at radius 1 is 0.444 bits per heavy atom. The topological polar surface area (TPSA) is 17.1 Å².